The van der Waals surface area contributed by atoms with Crippen LogP contribution in [0, 0.1) is 0 Å². The van der Waals surface area contributed by atoms with Crippen LogP contribution < -0.4 is 10.1 Å². The first-order valence-electron chi connectivity index (χ1n) is 10.2. The number of allylic oxidation sites excluding steroid dienone is 1. The molecule has 166 valence electrons. The van der Waals surface area contributed by atoms with Crippen molar-refractivity contribution in [1.82, 2.24) is 14.8 Å². The number of rotatable bonds is 7. The van der Waals surface area contributed by atoms with E-state index in [-0.39, 0.29) is 12.6 Å². The lowest BCUT2D eigenvalue weighted by atomic mass is 9.95. The van der Waals surface area contributed by atoms with E-state index in [0.29, 0.717) is 39.6 Å². The second-order valence-corrected chi connectivity index (χ2v) is 8.17. The van der Waals surface area contributed by atoms with E-state index in [1.54, 1.807) is 16.8 Å². The van der Waals surface area contributed by atoms with Gasteiger partial charge < -0.3 is 14.8 Å². The molecule has 0 saturated heterocycles. The van der Waals surface area contributed by atoms with Gasteiger partial charge in [-0.2, -0.15) is 10.1 Å². The standard InChI is InChI=1S/C23H22Cl2N4O3/c1-3-9-31-22(30)20-14(2)28-23-26-13-27-29(23)21(20)15-5-4-6-18(10-15)32-12-16-7-8-17(24)11-19(16)25/h4-8,10-11,13,21H,3,9,12H2,1-2H3,(H,26,27,28). The number of nitrogens with one attached hydrogen (secondary N) is 1. The molecule has 2 heterocycles. The molecule has 9 heteroatoms. The van der Waals surface area contributed by atoms with Crippen LogP contribution in [0.25, 0.3) is 0 Å². The summed E-state index contributed by atoms with van der Waals surface area (Å²) in [5.41, 5.74) is 2.80. The Hall–Kier alpha value is -3.03. The average Bonchev–Trinajstić information content (AvgIpc) is 3.24. The smallest absolute Gasteiger partial charge is 0.338 e. The largest absolute Gasteiger partial charge is 0.489 e. The molecule has 1 unspecified atom stereocenters. The molecule has 0 saturated carbocycles. The van der Waals surface area contributed by atoms with Gasteiger partial charge >= 0.3 is 5.97 Å². The quantitative estimate of drug-likeness (QED) is 0.463. The van der Waals surface area contributed by atoms with Crippen molar-refractivity contribution in [3.05, 3.63) is 81.2 Å². The van der Waals surface area contributed by atoms with Crippen molar-refractivity contribution in [1.29, 1.82) is 0 Å². The van der Waals surface area contributed by atoms with Crippen LogP contribution in [0.3, 0.4) is 0 Å². The summed E-state index contributed by atoms with van der Waals surface area (Å²) in [6.07, 6.45) is 2.19. The molecule has 0 bridgehead atoms. The van der Waals surface area contributed by atoms with E-state index in [9.17, 15) is 4.79 Å². The van der Waals surface area contributed by atoms with E-state index in [0.717, 1.165) is 17.5 Å². The minimum atomic E-state index is -0.499. The van der Waals surface area contributed by atoms with Crippen molar-refractivity contribution in [3.63, 3.8) is 0 Å². The van der Waals surface area contributed by atoms with Gasteiger partial charge in [0.25, 0.3) is 0 Å². The molecule has 32 heavy (non-hydrogen) atoms. The second-order valence-electron chi connectivity index (χ2n) is 7.33. The SMILES string of the molecule is CCCOC(=O)C1=C(C)Nc2ncnn2C1c1cccc(OCc2ccc(Cl)cc2Cl)c1. The predicted octanol–water partition coefficient (Wildman–Crippen LogP) is 5.41. The number of carbonyl (C=O) groups excluding carboxylic acids is 1. The van der Waals surface area contributed by atoms with Crippen LogP contribution in [0.1, 0.15) is 37.4 Å². The Balaban J connectivity index is 1.64. The summed E-state index contributed by atoms with van der Waals surface area (Å²) in [6, 6.07) is 12.3. The molecule has 2 aromatic carbocycles. The van der Waals surface area contributed by atoms with Gasteiger partial charge in [0.15, 0.2) is 0 Å². The van der Waals surface area contributed by atoms with Gasteiger partial charge in [-0.25, -0.2) is 9.48 Å². The van der Waals surface area contributed by atoms with E-state index < -0.39 is 6.04 Å². The molecule has 3 aromatic rings. The summed E-state index contributed by atoms with van der Waals surface area (Å²) in [4.78, 5) is 17.2. The number of benzene rings is 2. The Morgan fingerprint density at radius 2 is 2.06 bits per heavy atom. The van der Waals surface area contributed by atoms with Crippen molar-refractivity contribution < 1.29 is 14.3 Å². The van der Waals surface area contributed by atoms with Gasteiger partial charge in [0.2, 0.25) is 5.95 Å². The van der Waals surface area contributed by atoms with E-state index in [1.165, 1.54) is 6.33 Å². The normalized spacial score (nSPS) is 15.2. The lowest BCUT2D eigenvalue weighted by molar-refractivity contribution is -0.139. The van der Waals surface area contributed by atoms with Gasteiger partial charge in [-0.05, 0) is 43.2 Å². The summed E-state index contributed by atoms with van der Waals surface area (Å²) >= 11 is 12.2. The zero-order valence-corrected chi connectivity index (χ0v) is 19.2. The van der Waals surface area contributed by atoms with Gasteiger partial charge in [0.05, 0.1) is 12.2 Å². The van der Waals surface area contributed by atoms with E-state index in [4.69, 9.17) is 32.7 Å². The number of anilines is 1. The number of ether oxygens (including phenoxy) is 2. The molecule has 4 rings (SSSR count). The first kappa shape index (κ1) is 22.2. The molecule has 0 radical (unpaired) electrons. The minimum absolute atomic E-state index is 0.278. The summed E-state index contributed by atoms with van der Waals surface area (Å²) in [5.74, 6) is 0.800. The molecule has 1 aliphatic heterocycles. The van der Waals surface area contributed by atoms with Crippen molar-refractivity contribution >= 4 is 35.1 Å². The number of nitrogens with zero attached hydrogens (tertiary/aromatic N) is 3. The van der Waals surface area contributed by atoms with Gasteiger partial charge in [-0.15, -0.1) is 0 Å². The molecular formula is C23H22Cl2N4O3. The highest BCUT2D eigenvalue weighted by Crippen LogP contribution is 2.36. The zero-order valence-electron chi connectivity index (χ0n) is 17.6. The minimum Gasteiger partial charge on any atom is -0.489 e. The number of aromatic nitrogens is 3. The van der Waals surface area contributed by atoms with E-state index >= 15 is 0 Å². The molecule has 0 fully saturated rings. The third-order valence-electron chi connectivity index (χ3n) is 5.03. The number of hydrogen-bond donors (Lipinski definition) is 1. The highest BCUT2D eigenvalue weighted by Gasteiger charge is 2.34. The number of halogens is 2. The Morgan fingerprint density at radius 3 is 2.84 bits per heavy atom. The summed E-state index contributed by atoms with van der Waals surface area (Å²) in [7, 11) is 0. The fourth-order valence-electron chi connectivity index (χ4n) is 3.51. The van der Waals surface area contributed by atoms with E-state index in [2.05, 4.69) is 15.4 Å². The van der Waals surface area contributed by atoms with Crippen molar-refractivity contribution in [3.8, 4) is 5.75 Å². The summed E-state index contributed by atoms with van der Waals surface area (Å²) in [6.45, 7) is 4.41. The monoisotopic (exact) mass is 472 g/mol. The third kappa shape index (κ3) is 4.59. The molecule has 0 amide bonds. The van der Waals surface area contributed by atoms with Crippen LogP contribution in [0.15, 0.2) is 60.1 Å². The molecule has 1 atom stereocenters. The average molecular weight is 473 g/mol. The fourth-order valence-corrected chi connectivity index (χ4v) is 3.97. The Labute approximate surface area is 196 Å². The maximum Gasteiger partial charge on any atom is 0.338 e. The Morgan fingerprint density at radius 1 is 1.22 bits per heavy atom. The molecule has 0 aliphatic carbocycles. The Kier molecular flexibility index (Phi) is 6.67. The van der Waals surface area contributed by atoms with Crippen LogP contribution in [0.4, 0.5) is 5.95 Å². The van der Waals surface area contributed by atoms with Crippen LogP contribution in [-0.2, 0) is 16.1 Å². The van der Waals surface area contributed by atoms with Gasteiger partial charge in [0, 0.05) is 21.3 Å². The van der Waals surface area contributed by atoms with Crippen LogP contribution in [0.2, 0.25) is 10.0 Å². The fraction of sp³-hybridized carbons (Fsp3) is 0.261. The number of carbonyl (C=O) groups is 1. The lowest BCUT2D eigenvalue weighted by Gasteiger charge is -2.28. The van der Waals surface area contributed by atoms with Crippen molar-refractivity contribution in [2.24, 2.45) is 0 Å². The van der Waals surface area contributed by atoms with Gasteiger partial charge in [0.1, 0.15) is 24.7 Å². The van der Waals surface area contributed by atoms with Crippen LogP contribution >= 0.6 is 23.2 Å². The van der Waals surface area contributed by atoms with Crippen molar-refractivity contribution in [2.75, 3.05) is 11.9 Å². The molecular weight excluding hydrogens is 451 g/mol. The lowest BCUT2D eigenvalue weighted by Crippen LogP contribution is -2.29. The maximum atomic E-state index is 12.9. The third-order valence-corrected chi connectivity index (χ3v) is 5.62. The van der Waals surface area contributed by atoms with Crippen LogP contribution in [-0.4, -0.2) is 27.3 Å². The molecule has 7 nitrogen and oxygen atoms in total. The number of hydrogen-bond acceptors (Lipinski definition) is 6. The maximum absolute atomic E-state index is 12.9. The topological polar surface area (TPSA) is 78.3 Å². The second kappa shape index (κ2) is 9.63. The zero-order chi connectivity index (χ0) is 22.7. The van der Waals surface area contributed by atoms with Crippen LogP contribution in [0.5, 0.6) is 5.75 Å². The summed E-state index contributed by atoms with van der Waals surface area (Å²) in [5, 5.41) is 8.58. The molecule has 0 spiro atoms. The predicted molar refractivity (Wildman–Crippen MR) is 123 cm³/mol. The molecule has 1 aromatic heterocycles. The van der Waals surface area contributed by atoms with Gasteiger partial charge in [-0.1, -0.05) is 48.3 Å². The van der Waals surface area contributed by atoms with Crippen molar-refractivity contribution in [2.45, 2.75) is 32.9 Å². The molecule has 1 aliphatic rings. The highest BCUT2D eigenvalue weighted by atomic mass is 35.5. The first-order valence-corrected chi connectivity index (χ1v) is 10.9. The Bertz CT molecular complexity index is 1180. The number of fused-ring (bicyclic) bond motifs is 1. The van der Waals surface area contributed by atoms with E-state index in [1.807, 2.05) is 44.2 Å². The number of esters is 1. The first-order chi connectivity index (χ1) is 15.5. The summed E-state index contributed by atoms with van der Waals surface area (Å²) < 4.78 is 13.1. The van der Waals surface area contributed by atoms with Gasteiger partial charge in [-0.3, -0.25) is 0 Å². The highest BCUT2D eigenvalue weighted by molar-refractivity contribution is 6.35. The molecule has 1 N–H and O–H groups in total.